The van der Waals surface area contributed by atoms with E-state index in [1.165, 1.54) is 17.0 Å². The molecule has 3 N–H and O–H groups in total. The van der Waals surface area contributed by atoms with Gasteiger partial charge >= 0.3 is 5.97 Å². The fourth-order valence-corrected chi connectivity index (χ4v) is 2.10. The lowest BCUT2D eigenvalue weighted by Gasteiger charge is -2.20. The normalized spacial score (nSPS) is 10.2. The van der Waals surface area contributed by atoms with Crippen LogP contribution in [-0.2, 0) is 9.59 Å². The summed E-state index contributed by atoms with van der Waals surface area (Å²) in [6.07, 6.45) is 0.661. The number of aromatic hydroxyl groups is 1. The number of phenols is 1. The standard InChI is InChI=1S/C16H22N2O5/c1-3-8-18(10-15(21)22)14(20)6-7-17-16(23)12-5-4-11(2)9-13(12)19/h4-5,9,19H,3,6-8,10H2,1-2H3,(H,17,23)(H,21,22). The van der Waals surface area contributed by atoms with Gasteiger partial charge in [0, 0.05) is 19.5 Å². The predicted octanol–water partition coefficient (Wildman–Crippen LogP) is 1.14. The maximum Gasteiger partial charge on any atom is 0.323 e. The zero-order valence-electron chi connectivity index (χ0n) is 13.3. The van der Waals surface area contributed by atoms with Crippen molar-refractivity contribution in [3.63, 3.8) is 0 Å². The third-order valence-corrected chi connectivity index (χ3v) is 3.19. The molecule has 0 aromatic heterocycles. The summed E-state index contributed by atoms with van der Waals surface area (Å²) in [7, 11) is 0. The van der Waals surface area contributed by atoms with Gasteiger partial charge in [0.15, 0.2) is 0 Å². The third-order valence-electron chi connectivity index (χ3n) is 3.19. The molecule has 0 aliphatic carbocycles. The number of phenolic OH excluding ortho intramolecular Hbond substituents is 1. The van der Waals surface area contributed by atoms with Gasteiger partial charge in [-0.05, 0) is 31.0 Å². The number of carboxylic acids is 1. The Labute approximate surface area is 134 Å². The number of carboxylic acid groups (broad SMARTS) is 1. The van der Waals surface area contributed by atoms with Crippen LogP contribution >= 0.6 is 0 Å². The monoisotopic (exact) mass is 322 g/mol. The minimum Gasteiger partial charge on any atom is -0.507 e. The second kappa shape index (κ2) is 8.77. The highest BCUT2D eigenvalue weighted by Gasteiger charge is 2.16. The van der Waals surface area contributed by atoms with Crippen molar-refractivity contribution >= 4 is 17.8 Å². The molecule has 23 heavy (non-hydrogen) atoms. The maximum atomic E-state index is 12.0. The molecule has 0 saturated heterocycles. The molecular formula is C16H22N2O5. The van der Waals surface area contributed by atoms with Gasteiger partial charge in [0.2, 0.25) is 5.91 Å². The Hall–Kier alpha value is -2.57. The summed E-state index contributed by atoms with van der Waals surface area (Å²) in [5, 5.41) is 21.1. The van der Waals surface area contributed by atoms with Crippen molar-refractivity contribution in [3.05, 3.63) is 29.3 Å². The van der Waals surface area contributed by atoms with Gasteiger partial charge in [-0.2, -0.15) is 0 Å². The topological polar surface area (TPSA) is 107 Å². The van der Waals surface area contributed by atoms with Crippen LogP contribution in [0.25, 0.3) is 0 Å². The first-order valence-electron chi connectivity index (χ1n) is 7.42. The average Bonchev–Trinajstić information content (AvgIpc) is 2.46. The molecule has 126 valence electrons. The summed E-state index contributed by atoms with van der Waals surface area (Å²) in [4.78, 5) is 35.9. The molecule has 0 saturated carbocycles. The highest BCUT2D eigenvalue weighted by atomic mass is 16.4. The van der Waals surface area contributed by atoms with Crippen molar-refractivity contribution in [3.8, 4) is 5.75 Å². The van der Waals surface area contributed by atoms with Crippen molar-refractivity contribution < 1.29 is 24.6 Å². The molecule has 0 bridgehead atoms. The summed E-state index contributed by atoms with van der Waals surface area (Å²) in [5.74, 6) is -1.99. The summed E-state index contributed by atoms with van der Waals surface area (Å²) in [6, 6.07) is 4.70. The molecule has 0 heterocycles. The van der Waals surface area contributed by atoms with E-state index in [4.69, 9.17) is 5.11 Å². The molecule has 7 heteroatoms. The molecule has 1 rings (SSSR count). The van der Waals surface area contributed by atoms with E-state index in [0.717, 1.165) is 5.56 Å². The number of nitrogens with one attached hydrogen (secondary N) is 1. The quantitative estimate of drug-likeness (QED) is 0.665. The molecule has 0 atom stereocenters. The van der Waals surface area contributed by atoms with Gasteiger partial charge in [0.25, 0.3) is 5.91 Å². The largest absolute Gasteiger partial charge is 0.507 e. The van der Waals surface area contributed by atoms with Crippen LogP contribution in [-0.4, -0.2) is 52.5 Å². The summed E-state index contributed by atoms with van der Waals surface area (Å²) >= 11 is 0. The summed E-state index contributed by atoms with van der Waals surface area (Å²) < 4.78 is 0. The van der Waals surface area contributed by atoms with E-state index >= 15 is 0 Å². The number of rotatable bonds is 8. The lowest BCUT2D eigenvalue weighted by Crippen LogP contribution is -2.38. The fraction of sp³-hybridized carbons (Fsp3) is 0.438. The first-order chi connectivity index (χ1) is 10.8. The van der Waals surface area contributed by atoms with Crippen LogP contribution in [0.5, 0.6) is 5.75 Å². The van der Waals surface area contributed by atoms with E-state index < -0.39 is 11.9 Å². The van der Waals surface area contributed by atoms with Gasteiger partial charge in [-0.15, -0.1) is 0 Å². The summed E-state index contributed by atoms with van der Waals surface area (Å²) in [6.45, 7) is 3.73. The Morgan fingerprint density at radius 2 is 1.96 bits per heavy atom. The molecule has 0 aliphatic heterocycles. The van der Waals surface area contributed by atoms with E-state index in [0.29, 0.717) is 13.0 Å². The van der Waals surface area contributed by atoms with E-state index in [2.05, 4.69) is 5.32 Å². The Morgan fingerprint density at radius 3 is 2.52 bits per heavy atom. The lowest BCUT2D eigenvalue weighted by atomic mass is 10.1. The number of amides is 2. The second-order valence-corrected chi connectivity index (χ2v) is 5.24. The van der Waals surface area contributed by atoms with Gasteiger partial charge in [-0.3, -0.25) is 14.4 Å². The highest BCUT2D eigenvalue weighted by molar-refractivity contribution is 5.97. The van der Waals surface area contributed by atoms with Crippen molar-refractivity contribution in [2.24, 2.45) is 0 Å². The molecular weight excluding hydrogens is 300 g/mol. The molecule has 1 aromatic rings. The first kappa shape index (κ1) is 18.5. The molecule has 0 spiro atoms. The van der Waals surface area contributed by atoms with Crippen LogP contribution < -0.4 is 5.32 Å². The number of carbonyl (C=O) groups excluding carboxylic acids is 2. The molecule has 1 aromatic carbocycles. The van der Waals surface area contributed by atoms with Crippen LogP contribution in [0.3, 0.4) is 0 Å². The van der Waals surface area contributed by atoms with Crippen molar-refractivity contribution in [2.75, 3.05) is 19.6 Å². The lowest BCUT2D eigenvalue weighted by molar-refractivity contribution is -0.144. The van der Waals surface area contributed by atoms with Crippen molar-refractivity contribution in [2.45, 2.75) is 26.7 Å². The third kappa shape index (κ3) is 5.98. The van der Waals surface area contributed by atoms with Crippen LogP contribution in [0, 0.1) is 6.92 Å². The highest BCUT2D eigenvalue weighted by Crippen LogP contribution is 2.18. The summed E-state index contributed by atoms with van der Waals surface area (Å²) in [5.41, 5.74) is 0.970. The number of hydrogen-bond donors (Lipinski definition) is 3. The Bertz CT molecular complexity index is 586. The van der Waals surface area contributed by atoms with Crippen LogP contribution in [0.15, 0.2) is 18.2 Å². The van der Waals surface area contributed by atoms with E-state index in [1.54, 1.807) is 13.0 Å². The fourth-order valence-electron chi connectivity index (χ4n) is 2.10. The molecule has 2 amide bonds. The number of carbonyl (C=O) groups is 3. The Morgan fingerprint density at radius 1 is 1.26 bits per heavy atom. The predicted molar refractivity (Wildman–Crippen MR) is 84.3 cm³/mol. The SMILES string of the molecule is CCCN(CC(=O)O)C(=O)CCNC(=O)c1ccc(C)cc1O. The van der Waals surface area contributed by atoms with Crippen LogP contribution in [0.2, 0.25) is 0 Å². The molecule has 0 fully saturated rings. The Balaban J connectivity index is 2.52. The molecule has 0 aliphatic rings. The number of benzene rings is 1. The van der Waals surface area contributed by atoms with Gasteiger partial charge in [-0.1, -0.05) is 13.0 Å². The smallest absolute Gasteiger partial charge is 0.323 e. The first-order valence-corrected chi connectivity index (χ1v) is 7.42. The Kier molecular flexibility index (Phi) is 7.05. The number of aliphatic carboxylic acids is 1. The van der Waals surface area contributed by atoms with Gasteiger partial charge in [-0.25, -0.2) is 0 Å². The zero-order chi connectivity index (χ0) is 17.4. The molecule has 7 nitrogen and oxygen atoms in total. The number of nitrogens with zero attached hydrogens (tertiary/aromatic N) is 1. The maximum absolute atomic E-state index is 12.0. The van der Waals surface area contributed by atoms with Crippen LogP contribution in [0.1, 0.15) is 35.7 Å². The minimum absolute atomic E-state index is 0.00560. The van der Waals surface area contributed by atoms with Gasteiger partial charge in [0.1, 0.15) is 12.3 Å². The van der Waals surface area contributed by atoms with Crippen molar-refractivity contribution in [1.29, 1.82) is 0 Å². The number of hydrogen-bond acceptors (Lipinski definition) is 4. The van der Waals surface area contributed by atoms with Crippen LogP contribution in [0.4, 0.5) is 0 Å². The average molecular weight is 322 g/mol. The van der Waals surface area contributed by atoms with E-state index in [1.807, 2.05) is 6.92 Å². The molecule has 0 radical (unpaired) electrons. The van der Waals surface area contributed by atoms with E-state index in [9.17, 15) is 19.5 Å². The zero-order valence-corrected chi connectivity index (χ0v) is 13.3. The van der Waals surface area contributed by atoms with Gasteiger partial charge < -0.3 is 20.4 Å². The number of aryl methyl sites for hydroxylation is 1. The van der Waals surface area contributed by atoms with E-state index in [-0.39, 0.29) is 36.7 Å². The molecule has 0 unspecified atom stereocenters. The van der Waals surface area contributed by atoms with Crippen molar-refractivity contribution in [1.82, 2.24) is 10.2 Å². The van der Waals surface area contributed by atoms with Gasteiger partial charge in [0.05, 0.1) is 5.56 Å². The second-order valence-electron chi connectivity index (χ2n) is 5.24. The minimum atomic E-state index is -1.07.